The van der Waals surface area contributed by atoms with E-state index < -0.39 is 0 Å². The molecule has 0 spiro atoms. The number of rotatable bonds is 4. The Hall–Kier alpha value is -1.80. The van der Waals surface area contributed by atoms with Gasteiger partial charge in [0.2, 0.25) is 0 Å². The van der Waals surface area contributed by atoms with Gasteiger partial charge in [0.25, 0.3) is 0 Å². The summed E-state index contributed by atoms with van der Waals surface area (Å²) >= 11 is 18.5. The third-order valence-corrected chi connectivity index (χ3v) is 4.75. The lowest BCUT2D eigenvalue weighted by Gasteiger charge is -2.12. The van der Waals surface area contributed by atoms with Gasteiger partial charge in [0, 0.05) is 26.8 Å². The van der Waals surface area contributed by atoms with Gasteiger partial charge in [-0.1, -0.05) is 83.3 Å². The summed E-state index contributed by atoms with van der Waals surface area (Å²) < 4.78 is 0. The van der Waals surface area contributed by atoms with Crippen LogP contribution in [0.2, 0.25) is 15.1 Å². The maximum Gasteiger partial charge on any atom is 0.0750 e. The van der Waals surface area contributed by atoms with Crippen molar-refractivity contribution in [2.45, 2.75) is 13.0 Å². The van der Waals surface area contributed by atoms with Gasteiger partial charge in [0.15, 0.2) is 0 Å². The molecule has 25 heavy (non-hydrogen) atoms. The molecular weight excluding hydrogens is 373 g/mol. The highest BCUT2D eigenvalue weighted by atomic mass is 35.5. The summed E-state index contributed by atoms with van der Waals surface area (Å²) in [5.41, 5.74) is 4.13. The molecule has 0 fully saturated rings. The Balaban J connectivity index is 1.85. The van der Waals surface area contributed by atoms with Crippen molar-refractivity contribution in [3.63, 3.8) is 0 Å². The zero-order chi connectivity index (χ0) is 17.8. The molecule has 0 aromatic heterocycles. The Labute approximate surface area is 162 Å². The fraction of sp³-hybridized carbons (Fsp3) is 0.0952. The van der Waals surface area contributed by atoms with E-state index in [1.165, 1.54) is 5.56 Å². The van der Waals surface area contributed by atoms with E-state index in [1.54, 1.807) is 12.1 Å². The number of halogens is 3. The molecule has 0 saturated heterocycles. The first-order valence-electron chi connectivity index (χ1n) is 7.87. The molecule has 126 valence electrons. The van der Waals surface area contributed by atoms with Crippen molar-refractivity contribution in [3.05, 3.63) is 92.9 Å². The number of nitrogens with zero attached hydrogens (tertiary/aromatic N) is 1. The van der Waals surface area contributed by atoms with Crippen LogP contribution in [-0.2, 0) is 0 Å². The van der Waals surface area contributed by atoms with Crippen LogP contribution >= 0.6 is 34.8 Å². The summed E-state index contributed by atoms with van der Waals surface area (Å²) in [5, 5.41) is 1.57. The third-order valence-electron chi connectivity index (χ3n) is 3.90. The Kier molecular flexibility index (Phi) is 5.80. The number of aliphatic imine (C=N–C) groups is 1. The minimum Gasteiger partial charge on any atom is -0.285 e. The van der Waals surface area contributed by atoms with Crippen molar-refractivity contribution < 1.29 is 0 Å². The highest BCUT2D eigenvalue weighted by molar-refractivity contribution is 6.39. The van der Waals surface area contributed by atoms with Crippen LogP contribution in [-0.4, -0.2) is 6.21 Å². The van der Waals surface area contributed by atoms with Crippen molar-refractivity contribution in [2.24, 2.45) is 4.99 Å². The Morgan fingerprint density at radius 2 is 1.44 bits per heavy atom. The molecule has 3 aromatic carbocycles. The summed E-state index contributed by atoms with van der Waals surface area (Å²) in [5.74, 6) is 0. The first kappa shape index (κ1) is 18.0. The van der Waals surface area contributed by atoms with Crippen LogP contribution in [0.25, 0.3) is 11.1 Å². The lowest BCUT2D eigenvalue weighted by molar-refractivity contribution is 0.826. The van der Waals surface area contributed by atoms with Gasteiger partial charge >= 0.3 is 0 Å². The molecule has 0 bridgehead atoms. The predicted molar refractivity (Wildman–Crippen MR) is 109 cm³/mol. The number of hydrogen-bond donors (Lipinski definition) is 0. The fourth-order valence-electron chi connectivity index (χ4n) is 2.65. The van der Waals surface area contributed by atoms with Crippen LogP contribution in [0.5, 0.6) is 0 Å². The quantitative estimate of drug-likeness (QED) is 0.410. The molecule has 1 unspecified atom stereocenters. The van der Waals surface area contributed by atoms with Crippen LogP contribution in [0.3, 0.4) is 0 Å². The second-order valence-corrected chi connectivity index (χ2v) is 6.98. The van der Waals surface area contributed by atoms with E-state index in [0.29, 0.717) is 15.1 Å². The second kappa shape index (κ2) is 8.05. The van der Waals surface area contributed by atoms with Gasteiger partial charge in [-0.15, -0.1) is 0 Å². The molecule has 0 aliphatic rings. The Morgan fingerprint density at radius 1 is 0.800 bits per heavy atom. The molecule has 0 radical (unpaired) electrons. The van der Waals surface area contributed by atoms with Gasteiger partial charge in [-0.3, -0.25) is 4.99 Å². The highest BCUT2D eigenvalue weighted by Gasteiger charge is 2.13. The standard InChI is InChI=1S/C21H16Cl3N/c1-14(21-19(23)11-18(22)12-20(21)24)25-13-15-6-5-9-17(10-15)16-7-3-2-4-8-16/h2-14H,1H3/b25-13+. The van der Waals surface area contributed by atoms with Crippen LogP contribution in [0.15, 0.2) is 71.7 Å². The van der Waals surface area contributed by atoms with Crippen LogP contribution < -0.4 is 0 Å². The lowest BCUT2D eigenvalue weighted by Crippen LogP contribution is -1.94. The minimum atomic E-state index is -0.169. The van der Waals surface area contributed by atoms with E-state index in [2.05, 4.69) is 29.3 Å². The van der Waals surface area contributed by atoms with Gasteiger partial charge in [-0.25, -0.2) is 0 Å². The van der Waals surface area contributed by atoms with Gasteiger partial charge in [-0.05, 0) is 41.8 Å². The van der Waals surface area contributed by atoms with E-state index in [1.807, 2.05) is 43.5 Å². The fourth-order valence-corrected chi connectivity index (χ4v) is 3.79. The van der Waals surface area contributed by atoms with Gasteiger partial charge < -0.3 is 0 Å². The van der Waals surface area contributed by atoms with E-state index in [0.717, 1.165) is 16.7 Å². The van der Waals surface area contributed by atoms with Crippen molar-refractivity contribution in [1.82, 2.24) is 0 Å². The molecule has 0 aliphatic carbocycles. The van der Waals surface area contributed by atoms with Crippen LogP contribution in [0, 0.1) is 0 Å². The molecule has 0 saturated carbocycles. The van der Waals surface area contributed by atoms with E-state index in [9.17, 15) is 0 Å². The van der Waals surface area contributed by atoms with Gasteiger partial charge in [0.1, 0.15) is 0 Å². The predicted octanol–water partition coefficient (Wildman–Crippen LogP) is 7.49. The lowest BCUT2D eigenvalue weighted by atomic mass is 10.0. The molecule has 0 aliphatic heterocycles. The zero-order valence-corrected chi connectivity index (χ0v) is 15.9. The molecule has 0 amide bonds. The van der Waals surface area contributed by atoms with Crippen molar-refractivity contribution >= 4 is 41.0 Å². The topological polar surface area (TPSA) is 12.4 Å². The van der Waals surface area contributed by atoms with Crippen molar-refractivity contribution in [3.8, 4) is 11.1 Å². The summed E-state index contributed by atoms with van der Waals surface area (Å²) in [6.45, 7) is 1.96. The van der Waals surface area contributed by atoms with Crippen LogP contribution in [0.1, 0.15) is 24.1 Å². The maximum atomic E-state index is 6.27. The monoisotopic (exact) mass is 387 g/mol. The average Bonchev–Trinajstić information content (AvgIpc) is 2.60. The molecule has 0 N–H and O–H groups in total. The molecule has 1 atom stereocenters. The van der Waals surface area contributed by atoms with Gasteiger partial charge in [0.05, 0.1) is 6.04 Å². The third kappa shape index (κ3) is 4.43. The molecular formula is C21H16Cl3N. The number of hydrogen-bond acceptors (Lipinski definition) is 1. The maximum absolute atomic E-state index is 6.27. The largest absolute Gasteiger partial charge is 0.285 e. The normalized spacial score (nSPS) is 12.5. The van der Waals surface area contributed by atoms with E-state index in [4.69, 9.17) is 34.8 Å². The second-order valence-electron chi connectivity index (χ2n) is 5.73. The van der Waals surface area contributed by atoms with Crippen molar-refractivity contribution in [1.29, 1.82) is 0 Å². The molecule has 4 heteroatoms. The SMILES string of the molecule is CC(/N=C/c1cccc(-c2ccccc2)c1)c1c(Cl)cc(Cl)cc1Cl. The minimum absolute atomic E-state index is 0.169. The molecule has 0 heterocycles. The smallest absolute Gasteiger partial charge is 0.0750 e. The Morgan fingerprint density at radius 3 is 2.12 bits per heavy atom. The summed E-state index contributed by atoms with van der Waals surface area (Å²) in [6.07, 6.45) is 1.85. The first-order valence-corrected chi connectivity index (χ1v) is 9.01. The zero-order valence-electron chi connectivity index (χ0n) is 13.6. The summed E-state index contributed by atoms with van der Waals surface area (Å²) in [6, 6.07) is 21.7. The van der Waals surface area contributed by atoms with E-state index in [-0.39, 0.29) is 6.04 Å². The number of benzene rings is 3. The first-order chi connectivity index (χ1) is 12.0. The average molecular weight is 389 g/mol. The van der Waals surface area contributed by atoms with E-state index >= 15 is 0 Å². The van der Waals surface area contributed by atoms with Crippen LogP contribution in [0.4, 0.5) is 0 Å². The van der Waals surface area contributed by atoms with Crippen molar-refractivity contribution in [2.75, 3.05) is 0 Å². The molecule has 1 nitrogen and oxygen atoms in total. The summed E-state index contributed by atoms with van der Waals surface area (Å²) in [4.78, 5) is 4.61. The summed E-state index contributed by atoms with van der Waals surface area (Å²) in [7, 11) is 0. The highest BCUT2D eigenvalue weighted by Crippen LogP contribution is 2.35. The van der Waals surface area contributed by atoms with Gasteiger partial charge in [-0.2, -0.15) is 0 Å². The molecule has 3 aromatic rings. The molecule has 3 rings (SSSR count). The Bertz CT molecular complexity index is 881.